The summed E-state index contributed by atoms with van der Waals surface area (Å²) in [4.78, 5) is 36.4. The van der Waals surface area contributed by atoms with Gasteiger partial charge in [-0.15, -0.1) is 0 Å². The largest absolute Gasteiger partial charge is 0.480 e. The highest BCUT2D eigenvalue weighted by Gasteiger charge is 2.19. The second kappa shape index (κ2) is 41.3. The number of esters is 1. The number of carbonyl (C=O) groups excluding carboxylic acids is 2. The van der Waals surface area contributed by atoms with Crippen LogP contribution in [0.2, 0.25) is 0 Å². The monoisotopic (exact) mass is 749 g/mol. The molecule has 0 aromatic carbocycles. The lowest BCUT2D eigenvalue weighted by Crippen LogP contribution is -2.40. The molecule has 0 heterocycles. The molecule has 2 unspecified atom stereocenters. The molecule has 2 atom stereocenters. The summed E-state index contributed by atoms with van der Waals surface area (Å²) in [6.07, 6.45) is 45.5. The smallest absolute Gasteiger partial charge is 0.326 e. The molecule has 0 aliphatic heterocycles. The molecule has 0 aromatic heterocycles. The number of aliphatic carboxylic acids is 1. The van der Waals surface area contributed by atoms with E-state index in [1.54, 1.807) is 0 Å². The normalized spacial score (nSPS) is 12.7. The van der Waals surface area contributed by atoms with Crippen molar-refractivity contribution in [2.75, 3.05) is 6.54 Å². The van der Waals surface area contributed by atoms with Crippen molar-refractivity contribution in [3.05, 3.63) is 12.2 Å². The number of amides is 1. The van der Waals surface area contributed by atoms with Crippen LogP contribution in [0, 0.1) is 0 Å². The van der Waals surface area contributed by atoms with E-state index in [4.69, 9.17) is 10.5 Å². The van der Waals surface area contributed by atoms with Crippen molar-refractivity contribution in [1.29, 1.82) is 0 Å². The van der Waals surface area contributed by atoms with Crippen LogP contribution in [-0.2, 0) is 19.1 Å². The minimum atomic E-state index is -1.00. The maximum atomic E-state index is 12.8. The molecule has 0 saturated carbocycles. The molecule has 0 bridgehead atoms. The van der Waals surface area contributed by atoms with Crippen molar-refractivity contribution in [1.82, 2.24) is 5.32 Å². The molecule has 7 nitrogen and oxygen atoms in total. The zero-order chi connectivity index (χ0) is 38.9. The molecule has 0 spiro atoms. The van der Waals surface area contributed by atoms with E-state index in [1.165, 1.54) is 135 Å². The number of carboxylic acid groups (broad SMARTS) is 1. The molecule has 312 valence electrons. The summed E-state index contributed by atoms with van der Waals surface area (Å²) >= 11 is 0. The van der Waals surface area contributed by atoms with Gasteiger partial charge in [0.15, 0.2) is 0 Å². The highest BCUT2D eigenvalue weighted by Crippen LogP contribution is 2.18. The second-order valence-electron chi connectivity index (χ2n) is 15.8. The topological polar surface area (TPSA) is 119 Å². The Morgan fingerprint density at radius 2 is 0.943 bits per heavy atom. The van der Waals surface area contributed by atoms with Gasteiger partial charge in [-0.2, -0.15) is 0 Å². The Balaban J connectivity index is 4.27. The Hall–Kier alpha value is -1.89. The van der Waals surface area contributed by atoms with Gasteiger partial charge in [0.05, 0.1) is 0 Å². The number of nitrogens with one attached hydrogen (secondary N) is 1. The lowest BCUT2D eigenvalue weighted by Gasteiger charge is -2.18. The van der Waals surface area contributed by atoms with E-state index < -0.39 is 12.0 Å². The van der Waals surface area contributed by atoms with Crippen LogP contribution < -0.4 is 11.1 Å². The number of hydrogen-bond acceptors (Lipinski definition) is 5. The van der Waals surface area contributed by atoms with Gasteiger partial charge in [-0.05, 0) is 77.2 Å². The van der Waals surface area contributed by atoms with Crippen molar-refractivity contribution in [3.8, 4) is 0 Å². The fraction of sp³-hybridized carbons (Fsp3) is 0.891. The molecular formula is C46H88N2O5. The van der Waals surface area contributed by atoms with E-state index in [9.17, 15) is 19.5 Å². The van der Waals surface area contributed by atoms with Gasteiger partial charge in [-0.3, -0.25) is 9.59 Å². The molecule has 7 heteroatoms. The number of allylic oxidation sites excluding steroid dienone is 2. The fourth-order valence-electron chi connectivity index (χ4n) is 7.10. The summed E-state index contributed by atoms with van der Waals surface area (Å²) in [5, 5.41) is 11.9. The zero-order valence-electron chi connectivity index (χ0n) is 35.1. The molecule has 0 fully saturated rings. The van der Waals surface area contributed by atoms with Crippen LogP contribution >= 0.6 is 0 Å². The molecule has 0 aromatic rings. The first-order chi connectivity index (χ1) is 25.9. The Labute approximate surface area is 328 Å². The lowest BCUT2D eigenvalue weighted by molar-refractivity contribution is -0.150. The summed E-state index contributed by atoms with van der Waals surface area (Å²) in [6.45, 7) is 4.95. The third kappa shape index (κ3) is 38.2. The maximum absolute atomic E-state index is 12.8. The summed E-state index contributed by atoms with van der Waals surface area (Å²) in [6, 6.07) is -0.856. The first-order valence-corrected chi connectivity index (χ1v) is 23.0. The van der Waals surface area contributed by atoms with Gasteiger partial charge in [0.25, 0.3) is 0 Å². The van der Waals surface area contributed by atoms with Crippen molar-refractivity contribution in [2.24, 2.45) is 5.73 Å². The molecule has 0 aliphatic rings. The van der Waals surface area contributed by atoms with Crippen LogP contribution in [0.15, 0.2) is 12.2 Å². The highest BCUT2D eigenvalue weighted by molar-refractivity contribution is 5.83. The van der Waals surface area contributed by atoms with E-state index >= 15 is 0 Å². The fourth-order valence-corrected chi connectivity index (χ4v) is 7.10. The van der Waals surface area contributed by atoms with Crippen molar-refractivity contribution in [3.63, 3.8) is 0 Å². The third-order valence-electron chi connectivity index (χ3n) is 10.6. The quantitative estimate of drug-likeness (QED) is 0.0325. The summed E-state index contributed by atoms with van der Waals surface area (Å²) in [5.74, 6) is -1.24. The molecule has 0 aliphatic carbocycles. The van der Waals surface area contributed by atoms with E-state index in [0.717, 1.165) is 70.6 Å². The third-order valence-corrected chi connectivity index (χ3v) is 10.6. The average Bonchev–Trinajstić information content (AvgIpc) is 3.14. The van der Waals surface area contributed by atoms with Crippen molar-refractivity contribution >= 4 is 17.8 Å². The second-order valence-corrected chi connectivity index (χ2v) is 15.8. The van der Waals surface area contributed by atoms with Gasteiger partial charge in [0, 0.05) is 12.8 Å². The van der Waals surface area contributed by atoms with Crippen LogP contribution in [0.1, 0.15) is 245 Å². The van der Waals surface area contributed by atoms with Crippen molar-refractivity contribution in [2.45, 2.75) is 257 Å². The number of hydrogen-bond donors (Lipinski definition) is 3. The van der Waals surface area contributed by atoms with Gasteiger partial charge in [-0.1, -0.05) is 174 Å². The Kier molecular flexibility index (Phi) is 39.8. The van der Waals surface area contributed by atoms with Crippen LogP contribution in [0.4, 0.5) is 0 Å². The Morgan fingerprint density at radius 3 is 1.43 bits per heavy atom. The first kappa shape index (κ1) is 51.1. The predicted molar refractivity (Wildman–Crippen MR) is 225 cm³/mol. The van der Waals surface area contributed by atoms with E-state index in [0.29, 0.717) is 32.2 Å². The molecule has 0 saturated heterocycles. The lowest BCUT2D eigenvalue weighted by atomic mass is 10.0. The molecule has 1 amide bonds. The van der Waals surface area contributed by atoms with Gasteiger partial charge >= 0.3 is 11.9 Å². The minimum absolute atomic E-state index is 0.0113. The van der Waals surface area contributed by atoms with Gasteiger partial charge in [0.1, 0.15) is 12.1 Å². The summed E-state index contributed by atoms with van der Waals surface area (Å²) in [7, 11) is 0. The molecular weight excluding hydrogens is 661 g/mol. The zero-order valence-corrected chi connectivity index (χ0v) is 35.1. The van der Waals surface area contributed by atoms with Crippen LogP contribution in [-0.4, -0.2) is 41.6 Å². The Bertz CT molecular complexity index is 848. The number of unbranched alkanes of at least 4 members (excludes halogenated alkanes) is 26. The number of nitrogens with two attached hydrogens (primary N) is 1. The number of carboxylic acids is 1. The predicted octanol–water partition coefficient (Wildman–Crippen LogP) is 13.1. The molecule has 4 N–H and O–H groups in total. The Morgan fingerprint density at radius 1 is 0.528 bits per heavy atom. The number of carbonyl (C=O) groups is 3. The summed E-state index contributed by atoms with van der Waals surface area (Å²) in [5.41, 5.74) is 5.49. The van der Waals surface area contributed by atoms with Crippen molar-refractivity contribution < 1.29 is 24.2 Å². The standard InChI is InChI=1S/C46H88N2O5/c1-3-5-7-9-11-13-15-16-17-18-19-21-23-25-30-34-40-45(50)53-42(36-31-27-24-22-20-14-12-10-8-6-4-2)37-32-28-26-29-33-39-44(49)48-43(46(51)52)38-35-41-47/h22,24,42-43H,3-21,23,25-41,47H2,1-2H3,(H,48,49)(H,51,52)/b24-22-. The van der Waals surface area contributed by atoms with E-state index in [-0.39, 0.29) is 18.0 Å². The van der Waals surface area contributed by atoms with Crippen LogP contribution in [0.25, 0.3) is 0 Å². The minimum Gasteiger partial charge on any atom is -0.480 e. The maximum Gasteiger partial charge on any atom is 0.326 e. The molecule has 0 rings (SSSR count). The number of ether oxygens (including phenoxy) is 1. The highest BCUT2D eigenvalue weighted by atomic mass is 16.5. The number of rotatable bonds is 42. The average molecular weight is 749 g/mol. The van der Waals surface area contributed by atoms with Gasteiger partial charge < -0.3 is 20.9 Å². The van der Waals surface area contributed by atoms with Gasteiger partial charge in [0.2, 0.25) is 5.91 Å². The molecule has 53 heavy (non-hydrogen) atoms. The summed E-state index contributed by atoms with van der Waals surface area (Å²) < 4.78 is 6.04. The van der Waals surface area contributed by atoms with E-state index in [1.807, 2.05) is 0 Å². The van der Waals surface area contributed by atoms with Crippen LogP contribution in [0.5, 0.6) is 0 Å². The van der Waals surface area contributed by atoms with Crippen LogP contribution in [0.3, 0.4) is 0 Å². The first-order valence-electron chi connectivity index (χ1n) is 23.0. The SMILES string of the molecule is CCCCCCCC/C=C\CCCC(CCCCCCCC(=O)NC(CCCN)C(=O)O)OC(=O)CCCCCCCCCCCCCCCCCC. The van der Waals surface area contributed by atoms with E-state index in [2.05, 4.69) is 31.3 Å². The molecule has 0 radical (unpaired) electrons. The van der Waals surface area contributed by atoms with Gasteiger partial charge in [-0.25, -0.2) is 4.79 Å².